The molecule has 0 radical (unpaired) electrons. The first kappa shape index (κ1) is 17.9. The Morgan fingerprint density at radius 1 is 1.25 bits per heavy atom. The molecule has 0 spiro atoms. The Kier molecular flexibility index (Phi) is 4.91. The molecule has 128 valence electrons. The highest BCUT2D eigenvalue weighted by atomic mass is 35.5. The molecular formula is C15H14ClNO6S. The van der Waals surface area contributed by atoms with Crippen LogP contribution < -0.4 is 9.46 Å². The number of rotatable bonds is 5. The van der Waals surface area contributed by atoms with E-state index in [1.54, 1.807) is 0 Å². The van der Waals surface area contributed by atoms with E-state index in [1.165, 1.54) is 44.4 Å². The Morgan fingerprint density at radius 3 is 2.50 bits per heavy atom. The number of hydrogen-bond acceptors (Lipinski definition) is 5. The Bertz CT molecular complexity index is 910. The molecule has 0 aliphatic carbocycles. The van der Waals surface area contributed by atoms with E-state index in [0.717, 1.165) is 0 Å². The molecule has 0 fully saturated rings. The maximum Gasteiger partial charge on any atom is 0.339 e. The van der Waals surface area contributed by atoms with Crippen molar-refractivity contribution in [2.24, 2.45) is 0 Å². The third-order valence-electron chi connectivity index (χ3n) is 3.15. The predicted octanol–water partition coefficient (Wildman–Crippen LogP) is 2.86. The number of ether oxygens (including phenoxy) is 1. The first-order valence-electron chi connectivity index (χ1n) is 6.59. The molecule has 0 saturated heterocycles. The van der Waals surface area contributed by atoms with Crippen LogP contribution >= 0.6 is 11.6 Å². The highest BCUT2D eigenvalue weighted by molar-refractivity contribution is 7.92. The van der Waals surface area contributed by atoms with Crippen LogP contribution in [0.2, 0.25) is 5.02 Å². The summed E-state index contributed by atoms with van der Waals surface area (Å²) in [6.45, 7) is 1.52. The van der Waals surface area contributed by atoms with Crippen molar-refractivity contribution in [1.29, 1.82) is 0 Å². The zero-order valence-electron chi connectivity index (χ0n) is 12.7. The Hall–Kier alpha value is -2.45. The van der Waals surface area contributed by atoms with Gasteiger partial charge in [0.2, 0.25) is 0 Å². The molecule has 0 bridgehead atoms. The number of aromatic carboxylic acids is 1. The molecule has 9 heteroatoms. The monoisotopic (exact) mass is 371 g/mol. The molecule has 0 saturated carbocycles. The summed E-state index contributed by atoms with van der Waals surface area (Å²) < 4.78 is 32.4. The summed E-state index contributed by atoms with van der Waals surface area (Å²) in [5.41, 5.74) is -0.0354. The normalized spacial score (nSPS) is 11.1. The van der Waals surface area contributed by atoms with E-state index >= 15 is 0 Å². The number of carboxylic acid groups (broad SMARTS) is 1. The van der Waals surface area contributed by atoms with E-state index in [4.69, 9.17) is 21.4 Å². The van der Waals surface area contributed by atoms with E-state index in [2.05, 4.69) is 4.72 Å². The van der Waals surface area contributed by atoms with Crippen LogP contribution in [0.25, 0.3) is 0 Å². The van der Waals surface area contributed by atoms with Gasteiger partial charge in [-0.05, 0) is 36.8 Å². The number of nitrogens with one attached hydrogen (secondary N) is 1. The van der Waals surface area contributed by atoms with Crippen molar-refractivity contribution in [1.82, 2.24) is 0 Å². The molecule has 0 aromatic heterocycles. The average molecular weight is 372 g/mol. The fraction of sp³-hybridized carbons (Fsp3) is 0.133. The van der Waals surface area contributed by atoms with Crippen LogP contribution in [0.5, 0.6) is 11.5 Å². The van der Waals surface area contributed by atoms with Crippen LogP contribution in [0.15, 0.2) is 35.2 Å². The number of anilines is 1. The number of aryl methyl sites for hydroxylation is 1. The topological polar surface area (TPSA) is 113 Å². The lowest BCUT2D eigenvalue weighted by Gasteiger charge is -2.14. The molecule has 0 heterocycles. The highest BCUT2D eigenvalue weighted by Gasteiger charge is 2.25. The van der Waals surface area contributed by atoms with E-state index < -0.39 is 32.2 Å². The smallest absolute Gasteiger partial charge is 0.339 e. The minimum absolute atomic E-state index is 0.0969. The fourth-order valence-electron chi connectivity index (χ4n) is 2.06. The van der Waals surface area contributed by atoms with Crippen molar-refractivity contribution in [2.75, 3.05) is 11.8 Å². The van der Waals surface area contributed by atoms with E-state index in [1.807, 2.05) is 0 Å². The number of methoxy groups -OCH3 is 1. The minimum atomic E-state index is -4.25. The van der Waals surface area contributed by atoms with Crippen LogP contribution in [0.3, 0.4) is 0 Å². The minimum Gasteiger partial charge on any atom is -0.506 e. The molecule has 2 aromatic carbocycles. The van der Waals surface area contributed by atoms with Crippen LogP contribution in [0.4, 0.5) is 5.69 Å². The van der Waals surface area contributed by atoms with Crippen molar-refractivity contribution in [2.45, 2.75) is 11.8 Å². The number of phenols is 1. The van der Waals surface area contributed by atoms with Crippen molar-refractivity contribution in [3.05, 3.63) is 46.5 Å². The summed E-state index contributed by atoms with van der Waals surface area (Å²) in [5, 5.41) is 19.4. The van der Waals surface area contributed by atoms with Gasteiger partial charge in [-0.3, -0.25) is 4.72 Å². The van der Waals surface area contributed by atoms with Gasteiger partial charge in [0.25, 0.3) is 10.0 Å². The van der Waals surface area contributed by atoms with E-state index in [0.29, 0.717) is 10.6 Å². The largest absolute Gasteiger partial charge is 0.506 e. The van der Waals surface area contributed by atoms with E-state index in [9.17, 15) is 18.3 Å². The van der Waals surface area contributed by atoms with Gasteiger partial charge in [0.1, 0.15) is 16.2 Å². The summed E-state index contributed by atoms with van der Waals surface area (Å²) in [6, 6.07) is 6.62. The Labute approximate surface area is 143 Å². The molecule has 0 amide bonds. The molecule has 0 aliphatic rings. The number of hydrogen-bond donors (Lipinski definition) is 3. The average Bonchev–Trinajstić information content (AvgIpc) is 2.50. The second kappa shape index (κ2) is 6.58. The third-order valence-corrected chi connectivity index (χ3v) is 4.76. The van der Waals surface area contributed by atoms with E-state index in [-0.39, 0.29) is 11.4 Å². The molecule has 24 heavy (non-hydrogen) atoms. The maximum absolute atomic E-state index is 12.5. The number of carboxylic acids is 1. The molecule has 3 N–H and O–H groups in total. The van der Waals surface area contributed by atoms with Gasteiger partial charge in [-0.1, -0.05) is 11.6 Å². The summed E-state index contributed by atoms with van der Waals surface area (Å²) in [5.74, 6) is -2.10. The zero-order valence-corrected chi connectivity index (χ0v) is 14.3. The maximum atomic E-state index is 12.5. The second-order valence-corrected chi connectivity index (χ2v) is 7.00. The molecular weight excluding hydrogens is 358 g/mol. The lowest BCUT2D eigenvalue weighted by atomic mass is 10.1. The van der Waals surface area contributed by atoms with Gasteiger partial charge in [0, 0.05) is 11.1 Å². The van der Waals surface area contributed by atoms with Gasteiger partial charge >= 0.3 is 5.97 Å². The third kappa shape index (κ3) is 3.55. The number of carbonyl (C=O) groups is 1. The predicted molar refractivity (Wildman–Crippen MR) is 88.6 cm³/mol. The standard InChI is InChI=1S/C15H14ClNO6S/c1-8-5-10(15(19)20)14(18)13(6-8)24(21,22)17-11-4-3-9(16)7-12(11)23-2/h3-7,17-18H,1-2H3,(H,19,20). The number of benzene rings is 2. The summed E-state index contributed by atoms with van der Waals surface area (Å²) in [6.07, 6.45) is 0. The molecule has 2 rings (SSSR count). The van der Waals surface area contributed by atoms with Gasteiger partial charge in [-0.2, -0.15) is 0 Å². The van der Waals surface area contributed by atoms with Gasteiger partial charge in [-0.25, -0.2) is 13.2 Å². The fourth-order valence-corrected chi connectivity index (χ4v) is 3.50. The quantitative estimate of drug-likeness (QED) is 0.744. The zero-order chi connectivity index (χ0) is 18.1. The van der Waals surface area contributed by atoms with Gasteiger partial charge < -0.3 is 14.9 Å². The number of sulfonamides is 1. The summed E-state index contributed by atoms with van der Waals surface area (Å²) in [7, 11) is -2.91. The summed E-state index contributed by atoms with van der Waals surface area (Å²) >= 11 is 5.82. The number of halogens is 1. The SMILES string of the molecule is COc1cc(Cl)ccc1NS(=O)(=O)c1cc(C)cc(C(=O)O)c1O. The van der Waals surface area contributed by atoms with Gasteiger partial charge in [0.05, 0.1) is 12.8 Å². The van der Waals surface area contributed by atoms with Crippen LogP contribution in [-0.4, -0.2) is 31.7 Å². The first-order chi connectivity index (χ1) is 11.2. The van der Waals surface area contributed by atoms with Crippen molar-refractivity contribution >= 4 is 33.3 Å². The molecule has 7 nitrogen and oxygen atoms in total. The summed E-state index contributed by atoms with van der Waals surface area (Å²) in [4.78, 5) is 10.6. The van der Waals surface area contributed by atoms with Crippen molar-refractivity contribution in [3.63, 3.8) is 0 Å². The van der Waals surface area contributed by atoms with Crippen LogP contribution in [-0.2, 0) is 10.0 Å². The molecule has 0 atom stereocenters. The van der Waals surface area contributed by atoms with Crippen molar-refractivity contribution < 1.29 is 28.2 Å². The Balaban J connectivity index is 2.55. The van der Waals surface area contributed by atoms with Crippen LogP contribution in [0, 0.1) is 6.92 Å². The molecule has 2 aromatic rings. The second-order valence-electron chi connectivity index (χ2n) is 4.91. The highest BCUT2D eigenvalue weighted by Crippen LogP contribution is 2.33. The van der Waals surface area contributed by atoms with Crippen molar-refractivity contribution in [3.8, 4) is 11.5 Å². The lowest BCUT2D eigenvalue weighted by molar-refractivity contribution is 0.0693. The van der Waals surface area contributed by atoms with Gasteiger partial charge in [0.15, 0.2) is 5.75 Å². The van der Waals surface area contributed by atoms with Gasteiger partial charge in [-0.15, -0.1) is 0 Å². The molecule has 0 unspecified atom stereocenters. The Morgan fingerprint density at radius 2 is 1.92 bits per heavy atom. The van der Waals surface area contributed by atoms with Crippen LogP contribution in [0.1, 0.15) is 15.9 Å². The number of aromatic hydroxyl groups is 1. The lowest BCUT2D eigenvalue weighted by Crippen LogP contribution is -2.15. The molecule has 0 aliphatic heterocycles. The first-order valence-corrected chi connectivity index (χ1v) is 8.45.